The van der Waals surface area contributed by atoms with Gasteiger partial charge in [-0.25, -0.2) is 0 Å². The first-order valence-corrected chi connectivity index (χ1v) is 38.0. The van der Waals surface area contributed by atoms with Gasteiger partial charge in [-0.3, -0.25) is 0 Å². The molecule has 0 aromatic heterocycles. The fourth-order valence-corrected chi connectivity index (χ4v) is 15.5. The lowest BCUT2D eigenvalue weighted by Gasteiger charge is -2.47. The van der Waals surface area contributed by atoms with E-state index in [-0.39, 0.29) is 67.8 Å². The Hall–Kier alpha value is -8.92. The van der Waals surface area contributed by atoms with E-state index in [1.165, 1.54) is 33.4 Å². The second kappa shape index (κ2) is 26.0. The highest BCUT2D eigenvalue weighted by Gasteiger charge is 2.47. The molecule has 0 spiro atoms. The Labute approximate surface area is 648 Å². The topological polar surface area (TPSA) is 6.48 Å². The average molecular weight is 1390 g/mol. The van der Waals surface area contributed by atoms with Crippen molar-refractivity contribution in [2.24, 2.45) is 0 Å². The van der Waals surface area contributed by atoms with Crippen molar-refractivity contribution in [3.05, 3.63) is 268 Å². The zero-order valence-electron chi connectivity index (χ0n) is 78.0. The summed E-state index contributed by atoms with van der Waals surface area (Å²) in [6, 6.07) is 55.1. The van der Waals surface area contributed by atoms with Crippen LogP contribution in [-0.4, -0.2) is 6.71 Å². The number of rotatable bonds is 8. The molecule has 2 aliphatic rings. The third-order valence-corrected chi connectivity index (χ3v) is 22.0. The van der Waals surface area contributed by atoms with E-state index in [9.17, 15) is 11.0 Å². The van der Waals surface area contributed by atoms with Crippen molar-refractivity contribution in [2.75, 3.05) is 9.80 Å². The summed E-state index contributed by atoms with van der Waals surface area (Å²) in [6.07, 6.45) is 0. The third-order valence-electron chi connectivity index (χ3n) is 22.0. The van der Waals surface area contributed by atoms with Crippen LogP contribution in [0.1, 0.15) is 251 Å². The first-order chi connectivity index (χ1) is 52.9. The highest BCUT2D eigenvalue weighted by Crippen LogP contribution is 2.57. The van der Waals surface area contributed by atoms with Crippen LogP contribution in [0.25, 0.3) is 66.8 Å². The molecule has 0 N–H and O–H groups in total. The van der Waals surface area contributed by atoms with Crippen LogP contribution in [0.2, 0.25) is 0 Å². The van der Waals surface area contributed by atoms with Crippen molar-refractivity contribution in [1.82, 2.24) is 0 Å². The lowest BCUT2D eigenvalue weighted by Crippen LogP contribution is -2.61. The first kappa shape index (κ1) is 62.3. The van der Waals surface area contributed by atoms with Gasteiger partial charge in [-0.05, 0) is 208 Å². The largest absolute Gasteiger partial charge is 0.310 e. The molecule has 11 aromatic carbocycles. The average Bonchev–Trinajstić information content (AvgIpc) is 0.682. The van der Waals surface area contributed by atoms with Gasteiger partial charge in [0.2, 0.25) is 0 Å². The second-order valence-corrected chi connectivity index (χ2v) is 39.3. The van der Waals surface area contributed by atoms with E-state index in [2.05, 4.69) is 342 Å². The Kier molecular flexibility index (Phi) is 15.4. The summed E-state index contributed by atoms with van der Waals surface area (Å²) in [7, 11) is 0. The van der Waals surface area contributed by atoms with Crippen molar-refractivity contribution in [3.8, 4) is 66.8 Å². The Morgan fingerprint density at radius 2 is 0.514 bits per heavy atom. The van der Waals surface area contributed by atoms with Crippen LogP contribution < -0.4 is 26.2 Å². The standard InChI is InChI=1S/C102H117BN2/c1-94(2,3)70-44-38-66(39-45-70)79-56-74(98(13,14)15)58-81(77-50-48-72(96(7,8)9)60-83(77)101(22,23)24)92(79)104-87-54-68(64-34-30-28-31-35-64)42-52-85(87)103-86-53-43-69(65-36-32-29-33-37-65)55-88(86)105(90-63-76(100(19,20)21)62-89(104)91(90)103)93-80(67-40-46-71(47-41-67)95(4,5)6)57-75(99(16,17)18)59-82(93)78-51-49-73(97(10,11)12)61-84(78)102(25,26)27/h28-63H,1-27H3/i28D,29D,30D,31D,32D,33D,34D,35D,36D,37D. The number of benzene rings is 11. The predicted molar refractivity (Wildman–Crippen MR) is 461 cm³/mol. The first-order valence-electron chi connectivity index (χ1n) is 43.0. The summed E-state index contributed by atoms with van der Waals surface area (Å²) in [5, 5.41) is 0. The molecule has 0 atom stereocenters. The Morgan fingerprint density at radius 1 is 0.229 bits per heavy atom. The lowest BCUT2D eigenvalue weighted by molar-refractivity contribution is 0.569. The van der Waals surface area contributed by atoms with Gasteiger partial charge in [-0.2, -0.15) is 0 Å². The lowest BCUT2D eigenvalue weighted by atomic mass is 9.33. The molecular weight excluding hydrogens is 1260 g/mol. The minimum absolute atomic E-state index is 0.0793. The van der Waals surface area contributed by atoms with Gasteiger partial charge in [0.1, 0.15) is 0 Å². The van der Waals surface area contributed by atoms with Gasteiger partial charge in [-0.1, -0.05) is 357 Å². The van der Waals surface area contributed by atoms with E-state index >= 15 is 0 Å². The highest BCUT2D eigenvalue weighted by atomic mass is 15.2. The zero-order valence-corrected chi connectivity index (χ0v) is 68.0. The molecule has 0 saturated carbocycles. The minimum Gasteiger partial charge on any atom is -0.310 e. The molecule has 0 radical (unpaired) electrons. The van der Waals surface area contributed by atoms with Gasteiger partial charge in [0, 0.05) is 45.0 Å². The summed E-state index contributed by atoms with van der Waals surface area (Å²) < 4.78 is 93.9. The summed E-state index contributed by atoms with van der Waals surface area (Å²) in [4.78, 5) is 4.97. The maximum absolute atomic E-state index is 9.77. The van der Waals surface area contributed by atoms with Crippen molar-refractivity contribution < 1.29 is 13.7 Å². The molecule has 2 nitrogen and oxygen atoms in total. The van der Waals surface area contributed by atoms with Crippen molar-refractivity contribution in [1.29, 1.82) is 0 Å². The molecule has 0 aliphatic carbocycles. The molecule has 2 heterocycles. The van der Waals surface area contributed by atoms with Crippen LogP contribution in [-0.2, 0) is 48.7 Å². The molecule has 11 aromatic rings. The molecule has 0 saturated heterocycles. The minimum atomic E-state index is -0.620. The van der Waals surface area contributed by atoms with Crippen LogP contribution in [0.5, 0.6) is 0 Å². The molecule has 538 valence electrons. The molecule has 0 bridgehead atoms. The van der Waals surface area contributed by atoms with Gasteiger partial charge < -0.3 is 9.80 Å². The van der Waals surface area contributed by atoms with Gasteiger partial charge in [-0.15, -0.1) is 0 Å². The smallest absolute Gasteiger partial charge is 0.252 e. The zero-order chi connectivity index (χ0) is 84.7. The van der Waals surface area contributed by atoms with Crippen LogP contribution >= 0.6 is 0 Å². The van der Waals surface area contributed by atoms with Crippen molar-refractivity contribution in [3.63, 3.8) is 0 Å². The van der Waals surface area contributed by atoms with Crippen LogP contribution in [0.15, 0.2) is 218 Å². The van der Waals surface area contributed by atoms with E-state index in [1.807, 2.05) is 12.1 Å². The van der Waals surface area contributed by atoms with E-state index < -0.39 is 59.2 Å². The van der Waals surface area contributed by atoms with Crippen LogP contribution in [0.3, 0.4) is 0 Å². The van der Waals surface area contributed by atoms with Gasteiger partial charge >= 0.3 is 0 Å². The SMILES string of the molecule is [2H]c1c([2H])c([2H])c(-c2ccc3c(c2)N(c2c(-c4ccc(C(C)(C)C)cc4)cc(C(C)(C)C)cc2-c2ccc(C(C)(C)C)cc2C(C)(C)C)c2cc(C(C)(C)C)cc4c2B3c2ccc(-c3c([2H])c([2H])c([2H])c([2H])c3[2H])cc2N4c2c(-c3ccc(C(C)(C)C)cc3)cc(C(C)(C)C)cc2-c2ccc(C(C)(C)C)cc2C(C)(C)C)c([2H])c1[2H]. The quantitative estimate of drug-likeness (QED) is 0.140. The predicted octanol–water partition coefficient (Wildman–Crippen LogP) is 27.4. The van der Waals surface area contributed by atoms with E-state index in [0.717, 1.165) is 112 Å². The Balaban J connectivity index is 1.33. The maximum atomic E-state index is 9.77. The van der Waals surface area contributed by atoms with E-state index in [4.69, 9.17) is 2.74 Å². The summed E-state index contributed by atoms with van der Waals surface area (Å²) in [6.45, 7) is 60.9. The molecule has 0 fully saturated rings. The summed E-state index contributed by atoms with van der Waals surface area (Å²) >= 11 is 0. The number of nitrogens with zero attached hydrogens (tertiary/aromatic N) is 2. The van der Waals surface area contributed by atoms with Gasteiger partial charge in [0.05, 0.1) is 25.1 Å². The molecule has 0 unspecified atom stereocenters. The van der Waals surface area contributed by atoms with Crippen LogP contribution in [0.4, 0.5) is 34.1 Å². The molecule has 13 rings (SSSR count). The van der Waals surface area contributed by atoms with Gasteiger partial charge in [0.25, 0.3) is 6.71 Å². The normalized spacial score (nSPS) is 15.1. The molecule has 0 amide bonds. The highest BCUT2D eigenvalue weighted by molar-refractivity contribution is 7.00. The Morgan fingerprint density at radius 3 is 0.819 bits per heavy atom. The maximum Gasteiger partial charge on any atom is 0.252 e. The van der Waals surface area contributed by atoms with Crippen molar-refractivity contribution in [2.45, 2.75) is 236 Å². The monoisotopic (exact) mass is 1390 g/mol. The number of anilines is 6. The van der Waals surface area contributed by atoms with Gasteiger partial charge in [0.15, 0.2) is 0 Å². The molecular formula is C102H117BN2. The summed E-state index contributed by atoms with van der Waals surface area (Å²) in [5.74, 6) is 0. The molecule has 105 heavy (non-hydrogen) atoms. The second-order valence-electron chi connectivity index (χ2n) is 39.3. The number of hydrogen-bond acceptors (Lipinski definition) is 2. The fourth-order valence-electron chi connectivity index (χ4n) is 15.5. The number of fused-ring (bicyclic) bond motifs is 4. The fraction of sp³-hybridized carbons (Fsp3) is 0.353. The molecule has 2 aliphatic heterocycles. The van der Waals surface area contributed by atoms with E-state index in [1.54, 1.807) is 0 Å². The number of hydrogen-bond donors (Lipinski definition) is 0. The molecule has 3 heteroatoms. The van der Waals surface area contributed by atoms with E-state index in [0.29, 0.717) is 11.1 Å². The Bertz CT molecular complexity index is 5380. The van der Waals surface area contributed by atoms with Crippen molar-refractivity contribution >= 4 is 57.2 Å². The third kappa shape index (κ3) is 14.2. The van der Waals surface area contributed by atoms with Crippen LogP contribution in [0, 0.1) is 0 Å². The summed E-state index contributed by atoms with van der Waals surface area (Å²) in [5.41, 5.74) is 24.4.